The number of anilines is 1. The molecule has 0 bridgehead atoms. The fraction of sp³-hybridized carbons (Fsp3) is 0.273. The van der Waals surface area contributed by atoms with Crippen molar-refractivity contribution in [3.8, 4) is 22.4 Å². The Labute approximate surface area is 238 Å². The summed E-state index contributed by atoms with van der Waals surface area (Å²) in [5.41, 5.74) is 4.60. The molecule has 0 saturated carbocycles. The predicted octanol–water partition coefficient (Wildman–Crippen LogP) is 7.29. The summed E-state index contributed by atoms with van der Waals surface area (Å²) in [7, 11) is 0. The van der Waals surface area contributed by atoms with E-state index in [9.17, 15) is 23.5 Å². The molecule has 1 aromatic heterocycles. The number of para-hydroxylation sites is 1. The lowest BCUT2D eigenvalue weighted by atomic mass is 9.94. The number of rotatable bonds is 12. The Morgan fingerprint density at radius 3 is 2.10 bits per heavy atom. The Morgan fingerprint density at radius 1 is 0.902 bits per heavy atom. The van der Waals surface area contributed by atoms with Crippen LogP contribution in [0.25, 0.3) is 22.4 Å². The standard InChI is InChI=1S/C33H34F2N2O4/c1-21(2)31-30(33(41)36-26-11-7-4-8-12-26)29(22-9-5-3-6-10-22)32(23-13-15-24(34)16-14-23)37(31)18-17-27(38)19-25(35)20-28(39)40/h3-16,21,25,27,38H,17-20H2,1-2H3,(H,36,41)(H,39,40)/t25-,27?/m0/s1. The second kappa shape index (κ2) is 13.4. The fourth-order valence-corrected chi connectivity index (χ4v) is 5.17. The van der Waals surface area contributed by atoms with Gasteiger partial charge in [-0.1, -0.05) is 62.4 Å². The van der Waals surface area contributed by atoms with Gasteiger partial charge in [-0.05, 0) is 59.9 Å². The van der Waals surface area contributed by atoms with Crippen molar-refractivity contribution >= 4 is 17.6 Å². The van der Waals surface area contributed by atoms with E-state index in [-0.39, 0.29) is 31.2 Å². The van der Waals surface area contributed by atoms with E-state index in [1.54, 1.807) is 24.3 Å². The molecule has 0 aliphatic rings. The van der Waals surface area contributed by atoms with Crippen LogP contribution in [0, 0.1) is 5.82 Å². The minimum absolute atomic E-state index is 0.122. The molecule has 6 nitrogen and oxygen atoms in total. The lowest BCUT2D eigenvalue weighted by Crippen LogP contribution is -2.20. The summed E-state index contributed by atoms with van der Waals surface area (Å²) in [4.78, 5) is 24.9. The van der Waals surface area contributed by atoms with Crippen LogP contribution in [0.3, 0.4) is 0 Å². The molecule has 41 heavy (non-hydrogen) atoms. The van der Waals surface area contributed by atoms with Gasteiger partial charge in [-0.3, -0.25) is 9.59 Å². The Balaban J connectivity index is 1.89. The average molecular weight is 561 g/mol. The van der Waals surface area contributed by atoms with Crippen LogP contribution in [0.2, 0.25) is 0 Å². The lowest BCUT2D eigenvalue weighted by Gasteiger charge is -2.19. The number of alkyl halides is 1. The third-order valence-corrected chi connectivity index (χ3v) is 6.90. The number of nitrogens with one attached hydrogen (secondary N) is 1. The number of carbonyl (C=O) groups excluding carboxylic acids is 1. The van der Waals surface area contributed by atoms with Crippen LogP contribution in [-0.2, 0) is 11.3 Å². The van der Waals surface area contributed by atoms with Crippen molar-refractivity contribution in [1.29, 1.82) is 0 Å². The number of aromatic nitrogens is 1. The summed E-state index contributed by atoms with van der Waals surface area (Å²) in [6.45, 7) is 4.16. The number of benzene rings is 3. The maximum atomic E-state index is 14.2. The van der Waals surface area contributed by atoms with Gasteiger partial charge in [0, 0.05) is 29.9 Å². The summed E-state index contributed by atoms with van der Waals surface area (Å²) in [5.74, 6) is -2.12. The van der Waals surface area contributed by atoms with E-state index in [0.29, 0.717) is 33.8 Å². The molecule has 1 unspecified atom stereocenters. The van der Waals surface area contributed by atoms with Gasteiger partial charge in [0.1, 0.15) is 12.0 Å². The first kappa shape index (κ1) is 29.7. The topological polar surface area (TPSA) is 91.6 Å². The quantitative estimate of drug-likeness (QED) is 0.170. The van der Waals surface area contributed by atoms with Crippen molar-refractivity contribution in [3.63, 3.8) is 0 Å². The summed E-state index contributed by atoms with van der Waals surface area (Å²) in [5, 5.41) is 22.5. The number of aliphatic hydroxyl groups excluding tert-OH is 1. The summed E-state index contributed by atoms with van der Waals surface area (Å²) in [6.07, 6.45) is -3.66. The van der Waals surface area contributed by atoms with Crippen molar-refractivity contribution in [2.75, 3.05) is 5.32 Å². The molecule has 2 atom stereocenters. The molecule has 214 valence electrons. The number of hydrogen-bond acceptors (Lipinski definition) is 3. The first-order valence-electron chi connectivity index (χ1n) is 13.6. The highest BCUT2D eigenvalue weighted by Gasteiger charge is 2.31. The van der Waals surface area contributed by atoms with E-state index >= 15 is 0 Å². The molecular formula is C33H34F2N2O4. The van der Waals surface area contributed by atoms with Crippen LogP contribution in [-0.4, -0.2) is 38.9 Å². The third-order valence-electron chi connectivity index (χ3n) is 6.90. The highest BCUT2D eigenvalue weighted by atomic mass is 19.1. The zero-order valence-corrected chi connectivity index (χ0v) is 23.1. The number of halogens is 2. The minimum atomic E-state index is -1.68. The van der Waals surface area contributed by atoms with Crippen LogP contribution in [0.4, 0.5) is 14.5 Å². The van der Waals surface area contributed by atoms with Gasteiger partial charge >= 0.3 is 5.97 Å². The zero-order chi connectivity index (χ0) is 29.5. The van der Waals surface area contributed by atoms with Crippen LogP contribution < -0.4 is 5.32 Å². The molecule has 1 amide bonds. The smallest absolute Gasteiger partial charge is 0.306 e. The number of aliphatic carboxylic acids is 1. The van der Waals surface area contributed by atoms with Crippen molar-refractivity contribution in [3.05, 3.63) is 102 Å². The normalized spacial score (nSPS) is 12.7. The SMILES string of the molecule is CC(C)c1c(C(=O)Nc2ccccc2)c(-c2ccccc2)c(-c2ccc(F)cc2)n1CCC(O)C[C@H](F)CC(=O)O. The lowest BCUT2D eigenvalue weighted by molar-refractivity contribution is -0.138. The summed E-state index contributed by atoms with van der Waals surface area (Å²) < 4.78 is 30.1. The van der Waals surface area contributed by atoms with Crippen LogP contribution >= 0.6 is 0 Å². The molecule has 0 radical (unpaired) electrons. The van der Waals surface area contributed by atoms with Crippen molar-refractivity contribution < 1.29 is 28.6 Å². The first-order valence-corrected chi connectivity index (χ1v) is 13.6. The van der Waals surface area contributed by atoms with Crippen molar-refractivity contribution in [1.82, 2.24) is 4.57 Å². The van der Waals surface area contributed by atoms with Gasteiger partial charge in [0.25, 0.3) is 5.91 Å². The van der Waals surface area contributed by atoms with Gasteiger partial charge < -0.3 is 20.1 Å². The van der Waals surface area contributed by atoms with Gasteiger partial charge in [0.15, 0.2) is 0 Å². The van der Waals surface area contributed by atoms with Crippen LogP contribution in [0.5, 0.6) is 0 Å². The Hall–Kier alpha value is -4.30. The van der Waals surface area contributed by atoms with E-state index in [0.717, 1.165) is 5.56 Å². The number of nitrogens with zero attached hydrogens (tertiary/aromatic N) is 1. The number of carboxylic acid groups (broad SMARTS) is 1. The fourth-order valence-electron chi connectivity index (χ4n) is 5.17. The molecule has 8 heteroatoms. The average Bonchev–Trinajstić information content (AvgIpc) is 3.28. The second-order valence-corrected chi connectivity index (χ2v) is 10.4. The van der Waals surface area contributed by atoms with E-state index in [2.05, 4.69) is 5.32 Å². The number of hydrogen-bond donors (Lipinski definition) is 3. The second-order valence-electron chi connectivity index (χ2n) is 10.4. The molecule has 0 fully saturated rings. The molecule has 0 spiro atoms. The van der Waals surface area contributed by atoms with E-state index < -0.39 is 30.5 Å². The molecular weight excluding hydrogens is 526 g/mol. The maximum absolute atomic E-state index is 14.2. The third kappa shape index (κ3) is 7.27. The number of aliphatic hydroxyl groups is 1. The van der Waals surface area contributed by atoms with Gasteiger partial charge in [-0.15, -0.1) is 0 Å². The number of carbonyl (C=O) groups is 2. The number of carboxylic acids is 1. The molecule has 0 aliphatic heterocycles. The van der Waals surface area contributed by atoms with Gasteiger partial charge in [-0.25, -0.2) is 8.78 Å². The van der Waals surface area contributed by atoms with E-state index in [4.69, 9.17) is 5.11 Å². The van der Waals surface area contributed by atoms with Gasteiger partial charge in [0.05, 0.1) is 23.8 Å². The molecule has 0 aliphatic carbocycles. The van der Waals surface area contributed by atoms with Crippen molar-refractivity contribution in [2.24, 2.45) is 0 Å². The Kier molecular flexibility index (Phi) is 9.68. The first-order chi connectivity index (χ1) is 19.7. The summed E-state index contributed by atoms with van der Waals surface area (Å²) >= 11 is 0. The highest BCUT2D eigenvalue weighted by Crippen LogP contribution is 2.42. The van der Waals surface area contributed by atoms with Gasteiger partial charge in [-0.2, -0.15) is 0 Å². The molecule has 4 rings (SSSR count). The molecule has 3 aromatic carbocycles. The van der Waals surface area contributed by atoms with E-state index in [1.165, 1.54) is 12.1 Å². The van der Waals surface area contributed by atoms with Crippen molar-refractivity contribution in [2.45, 2.75) is 57.8 Å². The Morgan fingerprint density at radius 2 is 1.51 bits per heavy atom. The molecule has 1 heterocycles. The highest BCUT2D eigenvalue weighted by molar-refractivity contribution is 6.12. The largest absolute Gasteiger partial charge is 0.481 e. The van der Waals surface area contributed by atoms with E-state index in [1.807, 2.05) is 66.9 Å². The monoisotopic (exact) mass is 560 g/mol. The summed E-state index contributed by atoms with van der Waals surface area (Å²) in [6, 6.07) is 24.6. The zero-order valence-electron chi connectivity index (χ0n) is 23.1. The van der Waals surface area contributed by atoms with Crippen LogP contribution in [0.15, 0.2) is 84.9 Å². The minimum Gasteiger partial charge on any atom is -0.481 e. The molecule has 3 N–H and O–H groups in total. The Bertz CT molecular complexity index is 1470. The van der Waals surface area contributed by atoms with Crippen LogP contribution in [0.1, 0.15) is 55.1 Å². The molecule has 0 saturated heterocycles. The van der Waals surface area contributed by atoms with Gasteiger partial charge in [0.2, 0.25) is 0 Å². The molecule has 4 aromatic rings. The maximum Gasteiger partial charge on any atom is 0.306 e. The number of amides is 1. The predicted molar refractivity (Wildman–Crippen MR) is 156 cm³/mol.